The maximum atomic E-state index is 11.7. The fourth-order valence-corrected chi connectivity index (χ4v) is 4.40. The minimum absolute atomic E-state index is 0.262. The first-order valence-electron chi connectivity index (χ1n) is 4.84. The summed E-state index contributed by atoms with van der Waals surface area (Å²) >= 11 is 0. The van der Waals surface area contributed by atoms with E-state index in [1.54, 1.807) is 0 Å². The van der Waals surface area contributed by atoms with Gasteiger partial charge in [-0.2, -0.15) is 0 Å². The Hall–Kier alpha value is -0.0900. The highest BCUT2D eigenvalue weighted by atomic mass is 32.2. The van der Waals surface area contributed by atoms with Crippen molar-refractivity contribution in [1.82, 2.24) is 0 Å². The minimum atomic E-state index is -2.86. The third-order valence-corrected chi connectivity index (χ3v) is 6.48. The molecule has 76 valence electrons. The van der Waals surface area contributed by atoms with Gasteiger partial charge in [-0.05, 0) is 38.5 Å². The summed E-state index contributed by atoms with van der Waals surface area (Å²) in [5.74, 6) is 1.12. The molecule has 2 N–H and O–H groups in total. The second kappa shape index (κ2) is 2.48. The molecule has 4 heteroatoms. The number of rotatable bonds is 1. The van der Waals surface area contributed by atoms with E-state index in [1.807, 2.05) is 13.8 Å². The molecular weight excluding hydrogens is 186 g/mol. The van der Waals surface area contributed by atoms with Crippen molar-refractivity contribution in [3.05, 3.63) is 0 Å². The molecule has 2 aliphatic rings. The van der Waals surface area contributed by atoms with Gasteiger partial charge in [-0.3, -0.25) is 0 Å². The van der Waals surface area contributed by atoms with Gasteiger partial charge in [0.05, 0.1) is 10.5 Å². The van der Waals surface area contributed by atoms with Crippen LogP contribution in [0.25, 0.3) is 0 Å². The fraction of sp³-hybridized carbons (Fsp3) is 1.00. The van der Waals surface area contributed by atoms with Crippen molar-refractivity contribution < 1.29 is 8.42 Å². The van der Waals surface area contributed by atoms with Crippen LogP contribution in [0.4, 0.5) is 0 Å². The summed E-state index contributed by atoms with van der Waals surface area (Å²) in [6, 6.07) is 0.262. The van der Waals surface area contributed by atoms with Gasteiger partial charge in [-0.1, -0.05) is 0 Å². The summed E-state index contributed by atoms with van der Waals surface area (Å²) < 4.78 is 22.8. The van der Waals surface area contributed by atoms with Crippen LogP contribution in [-0.4, -0.2) is 25.0 Å². The first-order chi connectivity index (χ1) is 5.86. The van der Waals surface area contributed by atoms with Gasteiger partial charge in [0.1, 0.15) is 0 Å². The van der Waals surface area contributed by atoms with Gasteiger partial charge < -0.3 is 5.73 Å². The van der Waals surface area contributed by atoms with E-state index in [-0.39, 0.29) is 6.04 Å². The molecule has 2 fully saturated rings. The topological polar surface area (TPSA) is 60.2 Å². The lowest BCUT2D eigenvalue weighted by Gasteiger charge is -2.25. The van der Waals surface area contributed by atoms with E-state index in [2.05, 4.69) is 0 Å². The molecule has 1 saturated heterocycles. The van der Waals surface area contributed by atoms with Gasteiger partial charge in [-0.15, -0.1) is 0 Å². The summed E-state index contributed by atoms with van der Waals surface area (Å²) in [6.45, 7) is 3.70. The summed E-state index contributed by atoms with van der Waals surface area (Å²) in [7, 11) is -2.86. The zero-order valence-electron chi connectivity index (χ0n) is 8.16. The Bertz CT molecular complexity index is 321. The molecule has 0 aromatic heterocycles. The Labute approximate surface area is 79.6 Å². The van der Waals surface area contributed by atoms with E-state index in [9.17, 15) is 8.42 Å². The number of nitrogens with two attached hydrogens (primary N) is 1. The predicted molar refractivity (Wildman–Crippen MR) is 52.1 cm³/mol. The molecule has 3 nitrogen and oxygen atoms in total. The molecule has 0 radical (unpaired) electrons. The standard InChI is InChI=1S/C9H17NO2S/c1-9(2)7(6-5-8(6)10)3-4-13(9,11)12/h6-8H,3-5,10H2,1-2H3/t6-,7?,8+/m0/s1. The zero-order chi connectivity index (χ0) is 9.85. The lowest BCUT2D eigenvalue weighted by molar-refractivity contribution is 0.369. The van der Waals surface area contributed by atoms with Crippen LogP contribution in [0.15, 0.2) is 0 Å². The van der Waals surface area contributed by atoms with Crippen molar-refractivity contribution in [3.8, 4) is 0 Å². The largest absolute Gasteiger partial charge is 0.327 e. The molecule has 0 aromatic rings. The first kappa shape index (κ1) is 9.46. The summed E-state index contributed by atoms with van der Waals surface area (Å²) in [6.07, 6.45) is 1.83. The van der Waals surface area contributed by atoms with Gasteiger partial charge in [0.15, 0.2) is 9.84 Å². The minimum Gasteiger partial charge on any atom is -0.327 e. The average Bonchev–Trinajstić information content (AvgIpc) is 2.61. The van der Waals surface area contributed by atoms with E-state index in [4.69, 9.17) is 5.73 Å². The first-order valence-corrected chi connectivity index (χ1v) is 6.49. The van der Waals surface area contributed by atoms with Crippen molar-refractivity contribution in [2.75, 3.05) is 5.75 Å². The van der Waals surface area contributed by atoms with E-state index in [0.29, 0.717) is 17.6 Å². The van der Waals surface area contributed by atoms with Crippen molar-refractivity contribution in [1.29, 1.82) is 0 Å². The second-order valence-corrected chi connectivity index (χ2v) is 7.57. The van der Waals surface area contributed by atoms with Crippen LogP contribution in [0.2, 0.25) is 0 Å². The molecule has 1 saturated carbocycles. The Morgan fingerprint density at radius 1 is 1.38 bits per heavy atom. The van der Waals surface area contributed by atoms with Gasteiger partial charge in [-0.25, -0.2) is 8.42 Å². The van der Waals surface area contributed by atoms with Crippen molar-refractivity contribution >= 4 is 9.84 Å². The van der Waals surface area contributed by atoms with Gasteiger partial charge in [0.2, 0.25) is 0 Å². The lowest BCUT2D eigenvalue weighted by Crippen LogP contribution is -2.35. The molecule has 2 rings (SSSR count). The van der Waals surface area contributed by atoms with Crippen LogP contribution in [0.3, 0.4) is 0 Å². The molecule has 1 unspecified atom stereocenters. The summed E-state index contributed by atoms with van der Waals surface area (Å²) in [4.78, 5) is 0. The van der Waals surface area contributed by atoms with Gasteiger partial charge in [0, 0.05) is 6.04 Å². The monoisotopic (exact) mass is 203 g/mol. The van der Waals surface area contributed by atoms with Gasteiger partial charge >= 0.3 is 0 Å². The number of hydrogen-bond acceptors (Lipinski definition) is 3. The molecule has 1 aliphatic heterocycles. The highest BCUT2D eigenvalue weighted by molar-refractivity contribution is 7.93. The fourth-order valence-electron chi connectivity index (χ4n) is 2.55. The molecule has 3 atom stereocenters. The van der Waals surface area contributed by atoms with Crippen molar-refractivity contribution in [3.63, 3.8) is 0 Å². The van der Waals surface area contributed by atoms with Crippen LogP contribution in [-0.2, 0) is 9.84 Å². The van der Waals surface area contributed by atoms with Crippen LogP contribution >= 0.6 is 0 Å². The van der Waals surface area contributed by atoms with E-state index < -0.39 is 14.6 Å². The predicted octanol–water partition coefficient (Wildman–Crippen LogP) is 0.547. The molecule has 0 amide bonds. The smallest absolute Gasteiger partial charge is 0.155 e. The average molecular weight is 203 g/mol. The zero-order valence-corrected chi connectivity index (χ0v) is 8.97. The molecular formula is C9H17NO2S. The Kier molecular flexibility index (Phi) is 1.81. The van der Waals surface area contributed by atoms with Crippen molar-refractivity contribution in [2.24, 2.45) is 17.6 Å². The summed E-state index contributed by atoms with van der Waals surface area (Å²) in [5, 5.41) is 0. The van der Waals surface area contributed by atoms with Crippen LogP contribution in [0, 0.1) is 11.8 Å². The molecule has 1 aliphatic carbocycles. The maximum absolute atomic E-state index is 11.7. The maximum Gasteiger partial charge on any atom is 0.155 e. The second-order valence-electron chi connectivity index (χ2n) is 4.88. The van der Waals surface area contributed by atoms with Crippen LogP contribution in [0.1, 0.15) is 26.7 Å². The normalized spacial score (nSPS) is 46.2. The lowest BCUT2D eigenvalue weighted by atomic mass is 9.88. The van der Waals surface area contributed by atoms with E-state index >= 15 is 0 Å². The molecule has 13 heavy (non-hydrogen) atoms. The molecule has 0 bridgehead atoms. The Balaban J connectivity index is 2.25. The summed E-state index contributed by atoms with van der Waals surface area (Å²) in [5.41, 5.74) is 5.76. The van der Waals surface area contributed by atoms with E-state index in [1.165, 1.54) is 0 Å². The van der Waals surface area contributed by atoms with Crippen LogP contribution < -0.4 is 5.73 Å². The third kappa shape index (κ3) is 1.22. The van der Waals surface area contributed by atoms with Crippen molar-refractivity contribution in [2.45, 2.75) is 37.5 Å². The van der Waals surface area contributed by atoms with Crippen LogP contribution in [0.5, 0.6) is 0 Å². The van der Waals surface area contributed by atoms with Gasteiger partial charge in [0.25, 0.3) is 0 Å². The quantitative estimate of drug-likeness (QED) is 0.677. The Morgan fingerprint density at radius 3 is 2.23 bits per heavy atom. The third-order valence-electron chi connectivity index (χ3n) is 3.80. The Morgan fingerprint density at radius 2 is 1.92 bits per heavy atom. The molecule has 0 aromatic carbocycles. The highest BCUT2D eigenvalue weighted by Crippen LogP contribution is 2.49. The molecule has 1 heterocycles. The highest BCUT2D eigenvalue weighted by Gasteiger charge is 2.55. The van der Waals surface area contributed by atoms with E-state index in [0.717, 1.165) is 12.8 Å². The SMILES string of the molecule is CC1(C)C([C@@H]2C[C@H]2N)CCS1(=O)=O. The molecule has 0 spiro atoms. The number of hydrogen-bond donors (Lipinski definition) is 1. The number of sulfone groups is 1.